The average Bonchev–Trinajstić information content (AvgIpc) is 3.46. The quantitative estimate of drug-likeness (QED) is 0.263. The molecule has 34 heavy (non-hydrogen) atoms. The van der Waals surface area contributed by atoms with E-state index in [0.29, 0.717) is 41.6 Å². The Morgan fingerprint density at radius 2 is 2.09 bits per heavy atom. The second-order valence-electron chi connectivity index (χ2n) is 8.08. The molecule has 2 aromatic carbocycles. The summed E-state index contributed by atoms with van der Waals surface area (Å²) in [5.74, 6) is 0.452. The minimum atomic E-state index is -0.850. The van der Waals surface area contributed by atoms with E-state index in [0.717, 1.165) is 28.8 Å². The van der Waals surface area contributed by atoms with E-state index in [1.807, 2.05) is 32.0 Å². The van der Waals surface area contributed by atoms with E-state index in [-0.39, 0.29) is 19.1 Å². The van der Waals surface area contributed by atoms with Crippen LogP contribution in [0.15, 0.2) is 46.1 Å². The van der Waals surface area contributed by atoms with Gasteiger partial charge in [-0.1, -0.05) is 28.5 Å². The second-order valence-corrected chi connectivity index (χ2v) is 8.08. The molecule has 9 nitrogen and oxygen atoms in total. The number of aliphatic carboxylic acids is 1. The fourth-order valence-corrected chi connectivity index (χ4v) is 3.76. The summed E-state index contributed by atoms with van der Waals surface area (Å²) in [5.41, 5.74) is 4.73. The Morgan fingerprint density at radius 1 is 1.26 bits per heavy atom. The minimum Gasteiger partial charge on any atom is -0.502 e. The van der Waals surface area contributed by atoms with E-state index < -0.39 is 5.97 Å². The number of rotatable bonds is 9. The number of oxime groups is 1. The van der Waals surface area contributed by atoms with E-state index in [1.165, 1.54) is 0 Å². The molecular formula is C25H24N4O5. The number of benzene rings is 2. The summed E-state index contributed by atoms with van der Waals surface area (Å²) in [6, 6.07) is 11.0. The van der Waals surface area contributed by atoms with Gasteiger partial charge in [-0.05, 0) is 56.9 Å². The number of carbonyl (C=O) groups is 1. The SMILES string of the molecule is [C-]#[N+]c1cc(-c2nc(-c3cccc4c3CC/C4=N/OCCCC(=O)O)no2)ccc1OC(C)C. The lowest BCUT2D eigenvalue weighted by Crippen LogP contribution is -2.05. The van der Waals surface area contributed by atoms with E-state index >= 15 is 0 Å². The van der Waals surface area contributed by atoms with Gasteiger partial charge in [0, 0.05) is 23.1 Å². The van der Waals surface area contributed by atoms with Crippen molar-refractivity contribution in [1.29, 1.82) is 0 Å². The fourth-order valence-electron chi connectivity index (χ4n) is 3.76. The molecule has 0 fully saturated rings. The number of fused-ring (bicyclic) bond motifs is 1. The van der Waals surface area contributed by atoms with Crippen LogP contribution in [0.25, 0.3) is 27.7 Å². The van der Waals surface area contributed by atoms with Gasteiger partial charge in [0.05, 0.1) is 18.4 Å². The van der Waals surface area contributed by atoms with Gasteiger partial charge in [-0.25, -0.2) is 4.85 Å². The van der Waals surface area contributed by atoms with Crippen LogP contribution in [0, 0.1) is 6.57 Å². The predicted octanol–water partition coefficient (Wildman–Crippen LogP) is 5.27. The topological polar surface area (TPSA) is 111 Å². The van der Waals surface area contributed by atoms with Crippen LogP contribution in [0.4, 0.5) is 5.69 Å². The average molecular weight is 460 g/mol. The van der Waals surface area contributed by atoms with Crippen molar-refractivity contribution >= 4 is 17.4 Å². The van der Waals surface area contributed by atoms with Gasteiger partial charge in [0.1, 0.15) is 12.4 Å². The fraction of sp³-hybridized carbons (Fsp3) is 0.320. The van der Waals surface area contributed by atoms with Gasteiger partial charge in [-0.15, -0.1) is 0 Å². The van der Waals surface area contributed by atoms with Crippen molar-refractivity contribution in [2.45, 2.75) is 45.6 Å². The summed E-state index contributed by atoms with van der Waals surface area (Å²) < 4.78 is 11.2. The molecule has 0 atom stereocenters. The zero-order valence-electron chi connectivity index (χ0n) is 18.9. The number of ether oxygens (including phenoxy) is 1. The first-order valence-corrected chi connectivity index (χ1v) is 11.0. The Hall–Kier alpha value is -4.19. The Balaban J connectivity index is 1.55. The molecule has 1 aromatic heterocycles. The third-order valence-corrected chi connectivity index (χ3v) is 5.26. The third kappa shape index (κ3) is 5.07. The van der Waals surface area contributed by atoms with Crippen molar-refractivity contribution in [2.24, 2.45) is 5.16 Å². The summed E-state index contributed by atoms with van der Waals surface area (Å²) in [7, 11) is 0. The summed E-state index contributed by atoms with van der Waals surface area (Å²) in [6.07, 6.45) is 1.89. The van der Waals surface area contributed by atoms with Crippen molar-refractivity contribution in [3.05, 3.63) is 58.9 Å². The molecule has 0 amide bonds. The predicted molar refractivity (Wildman–Crippen MR) is 125 cm³/mol. The lowest BCUT2D eigenvalue weighted by Gasteiger charge is -2.11. The van der Waals surface area contributed by atoms with Crippen molar-refractivity contribution in [3.63, 3.8) is 0 Å². The largest absolute Gasteiger partial charge is 0.502 e. The van der Waals surface area contributed by atoms with E-state index in [9.17, 15) is 4.79 Å². The van der Waals surface area contributed by atoms with Crippen molar-refractivity contribution < 1.29 is 24.0 Å². The monoisotopic (exact) mass is 460 g/mol. The molecule has 174 valence electrons. The van der Waals surface area contributed by atoms with Crippen LogP contribution in [0.3, 0.4) is 0 Å². The standard InChI is InChI=1S/C25H24N4O5/c1-15(2)33-22-12-9-16(14-21(22)26-3)25-27-24(29-34-25)19-7-4-6-18-17(19)10-11-20(18)28-32-13-5-8-23(30)31/h4,6-7,9,12,14-15H,5,8,10-11,13H2,1-2H3,(H,30,31)/b28-20-. The van der Waals surface area contributed by atoms with Crippen molar-refractivity contribution in [1.82, 2.24) is 10.1 Å². The van der Waals surface area contributed by atoms with Crippen LogP contribution in [-0.4, -0.2) is 39.6 Å². The molecule has 0 bridgehead atoms. The van der Waals surface area contributed by atoms with Crippen LogP contribution in [0.5, 0.6) is 5.75 Å². The number of carboxylic acid groups (broad SMARTS) is 1. The highest BCUT2D eigenvalue weighted by molar-refractivity contribution is 6.05. The summed E-state index contributed by atoms with van der Waals surface area (Å²) in [4.78, 5) is 24.1. The van der Waals surface area contributed by atoms with E-state index in [2.05, 4.69) is 20.1 Å². The lowest BCUT2D eigenvalue weighted by molar-refractivity contribution is -0.137. The van der Waals surface area contributed by atoms with Gasteiger partial charge in [0.2, 0.25) is 11.5 Å². The molecule has 4 rings (SSSR count). The minimum absolute atomic E-state index is 0.0369. The molecule has 1 heterocycles. The second kappa shape index (κ2) is 10.2. The first kappa shape index (κ1) is 23.0. The van der Waals surface area contributed by atoms with Gasteiger partial charge in [0.15, 0.2) is 0 Å². The summed E-state index contributed by atoms with van der Waals surface area (Å²) in [5, 5.41) is 17.1. The molecule has 3 aromatic rings. The van der Waals surface area contributed by atoms with Crippen LogP contribution in [-0.2, 0) is 16.1 Å². The van der Waals surface area contributed by atoms with Crippen LogP contribution in [0.2, 0.25) is 0 Å². The highest BCUT2D eigenvalue weighted by Crippen LogP contribution is 2.35. The van der Waals surface area contributed by atoms with Gasteiger partial charge in [-0.2, -0.15) is 4.98 Å². The molecule has 9 heteroatoms. The van der Waals surface area contributed by atoms with Crippen LogP contribution < -0.4 is 4.74 Å². The zero-order valence-corrected chi connectivity index (χ0v) is 18.9. The van der Waals surface area contributed by atoms with Crippen LogP contribution >= 0.6 is 0 Å². The summed E-state index contributed by atoms with van der Waals surface area (Å²) in [6.45, 7) is 11.5. The molecule has 1 aliphatic rings. The van der Waals surface area contributed by atoms with Gasteiger partial charge in [-0.3, -0.25) is 4.79 Å². The maximum absolute atomic E-state index is 10.6. The molecule has 0 unspecified atom stereocenters. The summed E-state index contributed by atoms with van der Waals surface area (Å²) >= 11 is 0. The highest BCUT2D eigenvalue weighted by atomic mass is 16.6. The normalized spacial score (nSPS) is 13.6. The van der Waals surface area contributed by atoms with Crippen LogP contribution in [0.1, 0.15) is 44.2 Å². The molecule has 0 spiro atoms. The Bertz CT molecular complexity index is 1270. The number of hydrogen-bond acceptors (Lipinski definition) is 7. The molecule has 1 N–H and O–H groups in total. The maximum atomic E-state index is 10.6. The highest BCUT2D eigenvalue weighted by Gasteiger charge is 2.24. The number of hydrogen-bond donors (Lipinski definition) is 1. The lowest BCUT2D eigenvalue weighted by atomic mass is 10.0. The van der Waals surface area contributed by atoms with Gasteiger partial charge >= 0.3 is 5.97 Å². The first-order valence-electron chi connectivity index (χ1n) is 11.0. The first-order chi connectivity index (χ1) is 16.5. The third-order valence-electron chi connectivity index (χ3n) is 5.26. The zero-order chi connectivity index (χ0) is 24.1. The molecule has 0 aliphatic heterocycles. The van der Waals surface area contributed by atoms with Gasteiger partial charge in [0.25, 0.3) is 5.89 Å². The van der Waals surface area contributed by atoms with E-state index in [1.54, 1.807) is 18.2 Å². The van der Waals surface area contributed by atoms with Crippen molar-refractivity contribution in [3.8, 4) is 28.6 Å². The number of aromatic nitrogens is 2. The Morgan fingerprint density at radius 3 is 2.85 bits per heavy atom. The molecule has 0 saturated carbocycles. The Kier molecular flexibility index (Phi) is 6.87. The van der Waals surface area contributed by atoms with E-state index in [4.69, 9.17) is 25.8 Å². The molecule has 0 saturated heterocycles. The number of nitrogens with zero attached hydrogens (tertiary/aromatic N) is 4. The van der Waals surface area contributed by atoms with Gasteiger partial charge < -0.3 is 19.2 Å². The molecule has 1 aliphatic carbocycles. The number of carboxylic acids is 1. The Labute approximate surface area is 196 Å². The molecular weight excluding hydrogens is 436 g/mol. The molecule has 0 radical (unpaired) electrons. The maximum Gasteiger partial charge on any atom is 0.303 e. The smallest absolute Gasteiger partial charge is 0.303 e. The van der Waals surface area contributed by atoms with Crippen molar-refractivity contribution in [2.75, 3.05) is 6.61 Å².